The molecule has 0 atom stereocenters. The van der Waals surface area contributed by atoms with E-state index in [9.17, 15) is 9.59 Å². The van der Waals surface area contributed by atoms with Crippen LogP contribution in [0.25, 0.3) is 0 Å². The molecular weight excluding hydrogens is 641 g/mol. The van der Waals surface area contributed by atoms with E-state index >= 15 is 0 Å². The van der Waals surface area contributed by atoms with Gasteiger partial charge < -0.3 is 18.6 Å². The van der Waals surface area contributed by atoms with Gasteiger partial charge >= 0.3 is 20.3 Å². The van der Waals surface area contributed by atoms with Crippen molar-refractivity contribution in [1.82, 2.24) is 0 Å². The molecule has 0 aliphatic rings. The van der Waals surface area contributed by atoms with Gasteiger partial charge in [-0.05, 0) is 89.5 Å². The minimum atomic E-state index is -2.91. The Kier molecular flexibility index (Phi) is 10.7. The van der Waals surface area contributed by atoms with Crippen molar-refractivity contribution in [3.8, 4) is 17.2 Å². The Balaban J connectivity index is 1.49. The normalized spacial score (nSPS) is 11.5. The summed E-state index contributed by atoms with van der Waals surface area (Å²) in [5, 5.41) is 2.11. The second kappa shape index (κ2) is 14.8. The molecule has 0 radical (unpaired) electrons. The van der Waals surface area contributed by atoms with Crippen LogP contribution in [0.15, 0.2) is 103 Å². The van der Waals surface area contributed by atoms with Crippen LogP contribution in [0.5, 0.6) is 17.2 Å². The lowest BCUT2D eigenvalue weighted by molar-refractivity contribution is 0.0468. The number of hydrogen-bond acceptors (Lipinski definition) is 6. The van der Waals surface area contributed by atoms with Crippen LogP contribution in [0.3, 0.4) is 0 Å². The minimum absolute atomic E-state index is 0.131. The van der Waals surface area contributed by atoms with Gasteiger partial charge in [-0.3, -0.25) is 0 Å². The third-order valence-electron chi connectivity index (χ3n) is 9.59. The third-order valence-corrected chi connectivity index (χ3v) is 14.5. The van der Waals surface area contributed by atoms with Crippen LogP contribution >= 0.6 is 0 Å². The molecule has 0 saturated carbocycles. The molecule has 0 aliphatic heterocycles. The van der Waals surface area contributed by atoms with E-state index in [1.54, 1.807) is 13.0 Å². The summed E-state index contributed by atoms with van der Waals surface area (Å²) in [6.07, 6.45) is 0. The zero-order valence-electron chi connectivity index (χ0n) is 30.5. The van der Waals surface area contributed by atoms with Gasteiger partial charge in [-0.25, -0.2) is 9.59 Å². The molecule has 0 fully saturated rings. The lowest BCUT2D eigenvalue weighted by Gasteiger charge is -2.43. The molecule has 0 saturated heterocycles. The Morgan fingerprint density at radius 2 is 1.10 bits per heavy atom. The molecule has 5 aromatic carbocycles. The van der Waals surface area contributed by atoms with Gasteiger partial charge in [-0.1, -0.05) is 112 Å². The first-order valence-corrected chi connectivity index (χ1v) is 18.7. The average Bonchev–Trinajstić information content (AvgIpc) is 3.10. The number of aryl methyl sites for hydroxylation is 1. The first-order chi connectivity index (χ1) is 23.8. The Labute approximate surface area is 297 Å². The average molecular weight is 687 g/mol. The lowest BCUT2D eigenvalue weighted by Crippen LogP contribution is -2.68. The molecule has 0 unspecified atom stereocenters. The number of carbonyl (C=O) groups is 2. The fourth-order valence-corrected chi connectivity index (χ4v) is 11.1. The number of hydrogen-bond donors (Lipinski definition) is 0. The number of rotatable bonds is 10. The van der Waals surface area contributed by atoms with Crippen molar-refractivity contribution in [2.75, 3.05) is 7.11 Å². The van der Waals surface area contributed by atoms with Crippen molar-refractivity contribution in [3.05, 3.63) is 148 Å². The lowest BCUT2D eigenvalue weighted by atomic mass is 9.97. The van der Waals surface area contributed by atoms with Gasteiger partial charge in [0, 0.05) is 6.07 Å². The van der Waals surface area contributed by atoms with Gasteiger partial charge in [0.05, 0.1) is 12.7 Å². The number of carbonyl (C=O) groups excluding carboxylic acids is 2. The number of ether oxygens (including phenoxy) is 3. The van der Waals surface area contributed by atoms with Crippen LogP contribution in [0.2, 0.25) is 5.04 Å². The molecule has 7 heteroatoms. The summed E-state index contributed by atoms with van der Waals surface area (Å²) in [5.41, 5.74) is 5.31. The van der Waals surface area contributed by atoms with Crippen LogP contribution < -0.4 is 24.3 Å². The Morgan fingerprint density at radius 1 is 0.600 bits per heavy atom. The van der Waals surface area contributed by atoms with Crippen molar-refractivity contribution >= 4 is 30.6 Å². The summed E-state index contributed by atoms with van der Waals surface area (Å²) < 4.78 is 24.6. The summed E-state index contributed by atoms with van der Waals surface area (Å²) >= 11 is 0. The Morgan fingerprint density at radius 3 is 1.62 bits per heavy atom. The first kappa shape index (κ1) is 36.1. The summed E-state index contributed by atoms with van der Waals surface area (Å²) in [5.74, 6) is 0.325. The second-order valence-electron chi connectivity index (χ2n) is 13.7. The smallest absolute Gasteiger partial charge is 0.344 e. The van der Waals surface area contributed by atoms with Crippen molar-refractivity contribution in [2.24, 2.45) is 0 Å². The SMILES string of the molecule is COc1cc(OC(=O)c2c(C)cc(O[Si](c3ccccc3)(c3ccccc3)C(C)(C)C)c(C)c2C)c(C)c(C)c1C(=O)OCc1ccccc1. The topological polar surface area (TPSA) is 71.1 Å². The molecule has 50 heavy (non-hydrogen) atoms. The Bertz CT molecular complexity index is 1960. The molecule has 0 heterocycles. The van der Waals surface area contributed by atoms with Crippen LogP contribution in [-0.4, -0.2) is 27.4 Å². The molecule has 0 bridgehead atoms. The fraction of sp³-hybridized carbons (Fsp3) is 0.256. The summed E-state index contributed by atoms with van der Waals surface area (Å²) in [6.45, 7) is 16.3. The molecular formula is C43H46O6Si. The molecule has 0 N–H and O–H groups in total. The van der Waals surface area contributed by atoms with Crippen molar-refractivity contribution in [2.45, 2.75) is 67.0 Å². The molecule has 0 aromatic heterocycles. The maximum Gasteiger partial charge on any atom is 0.344 e. The van der Waals surface area contributed by atoms with Crippen LogP contribution in [-0.2, 0) is 11.3 Å². The van der Waals surface area contributed by atoms with Crippen LogP contribution in [0.4, 0.5) is 0 Å². The largest absolute Gasteiger partial charge is 0.534 e. The van der Waals surface area contributed by atoms with Gasteiger partial charge in [0.1, 0.15) is 29.4 Å². The van der Waals surface area contributed by atoms with Gasteiger partial charge in [-0.15, -0.1) is 0 Å². The maximum absolute atomic E-state index is 14.0. The summed E-state index contributed by atoms with van der Waals surface area (Å²) in [7, 11) is -1.43. The standard InChI is InChI=1S/C43H46O6Si/c1-28-25-37(49-50(43(6,7)8,34-21-15-11-16-22-34)35-23-17-12-18-24-35)30(3)31(4)39(28)42(45)48-36-26-38(46-9)40(32(5)29(36)2)41(44)47-27-33-19-13-10-14-20-33/h10-26H,27H2,1-9H3. The van der Waals surface area contributed by atoms with Gasteiger partial charge in [-0.2, -0.15) is 0 Å². The highest BCUT2D eigenvalue weighted by Crippen LogP contribution is 2.40. The zero-order valence-corrected chi connectivity index (χ0v) is 31.5. The van der Waals surface area contributed by atoms with E-state index < -0.39 is 20.3 Å². The van der Waals surface area contributed by atoms with Crippen molar-refractivity contribution < 1.29 is 28.2 Å². The van der Waals surface area contributed by atoms with Gasteiger partial charge in [0.15, 0.2) is 0 Å². The second-order valence-corrected chi connectivity index (χ2v) is 18.0. The number of benzene rings is 5. The molecule has 258 valence electrons. The zero-order chi connectivity index (χ0) is 36.2. The number of esters is 2. The fourth-order valence-electron chi connectivity index (χ4n) is 6.60. The van der Waals surface area contributed by atoms with E-state index in [1.807, 2.05) is 76.2 Å². The van der Waals surface area contributed by atoms with Crippen molar-refractivity contribution in [1.29, 1.82) is 0 Å². The van der Waals surface area contributed by atoms with Crippen LogP contribution in [0.1, 0.15) is 74.9 Å². The van der Waals surface area contributed by atoms with E-state index in [4.69, 9.17) is 18.6 Å². The highest BCUT2D eigenvalue weighted by atomic mass is 28.4. The number of methoxy groups -OCH3 is 1. The van der Waals surface area contributed by atoms with Crippen molar-refractivity contribution in [3.63, 3.8) is 0 Å². The predicted octanol–water partition coefficient (Wildman–Crippen LogP) is 8.75. The molecule has 6 nitrogen and oxygen atoms in total. The molecule has 5 rings (SSSR count). The minimum Gasteiger partial charge on any atom is -0.534 e. The van der Waals surface area contributed by atoms with Crippen LogP contribution in [0, 0.1) is 34.6 Å². The van der Waals surface area contributed by atoms with E-state index in [0.717, 1.165) is 28.0 Å². The Hall–Kier alpha value is -5.14. The van der Waals surface area contributed by atoms with Gasteiger partial charge in [0.25, 0.3) is 0 Å². The molecule has 0 amide bonds. The van der Waals surface area contributed by atoms with E-state index in [1.165, 1.54) is 17.5 Å². The van der Waals surface area contributed by atoms with E-state index in [0.29, 0.717) is 28.0 Å². The highest BCUT2D eigenvalue weighted by molar-refractivity contribution is 7.00. The third kappa shape index (κ3) is 6.96. The first-order valence-electron chi connectivity index (χ1n) is 16.8. The monoisotopic (exact) mass is 686 g/mol. The highest BCUT2D eigenvalue weighted by Gasteiger charge is 2.52. The van der Waals surface area contributed by atoms with E-state index in [2.05, 4.69) is 69.3 Å². The summed E-state index contributed by atoms with van der Waals surface area (Å²) in [4.78, 5) is 27.2. The maximum atomic E-state index is 14.0. The predicted molar refractivity (Wildman–Crippen MR) is 202 cm³/mol. The van der Waals surface area contributed by atoms with E-state index in [-0.39, 0.29) is 17.4 Å². The molecule has 5 aromatic rings. The molecule has 0 aliphatic carbocycles. The molecule has 0 spiro atoms. The van der Waals surface area contributed by atoms with Gasteiger partial charge in [0.2, 0.25) is 0 Å². The quantitative estimate of drug-likeness (QED) is 0.0832. The summed E-state index contributed by atoms with van der Waals surface area (Å²) in [6, 6.07) is 34.0.